The predicted molar refractivity (Wildman–Crippen MR) is 58.4 cm³/mol. The Labute approximate surface area is 101 Å². The molecule has 17 heavy (non-hydrogen) atoms. The molecule has 0 amide bonds. The number of H-pyrrole nitrogens is 1. The first kappa shape index (κ1) is 11.6. The lowest BCUT2D eigenvalue weighted by molar-refractivity contribution is 0.0479. The van der Waals surface area contributed by atoms with E-state index in [1.165, 1.54) is 11.8 Å². The van der Waals surface area contributed by atoms with Gasteiger partial charge in [0.1, 0.15) is 5.03 Å². The van der Waals surface area contributed by atoms with E-state index in [2.05, 4.69) is 20.6 Å². The number of nitrogens with one attached hydrogen (secondary N) is 1. The molecule has 1 N–H and O–H groups in total. The number of ether oxygens (including phenoxy) is 1. The van der Waals surface area contributed by atoms with Crippen LogP contribution in [0.4, 0.5) is 0 Å². The molecule has 0 bridgehead atoms. The summed E-state index contributed by atoms with van der Waals surface area (Å²) in [6, 6.07) is 1.56. The summed E-state index contributed by atoms with van der Waals surface area (Å²) in [7, 11) is 0. The molecule has 2 aromatic rings. The first-order chi connectivity index (χ1) is 8.29. The maximum atomic E-state index is 11.3. The van der Waals surface area contributed by atoms with E-state index in [0.717, 1.165) is 5.03 Å². The summed E-state index contributed by atoms with van der Waals surface area (Å²) in [6.45, 7) is 2.04. The van der Waals surface area contributed by atoms with Crippen LogP contribution in [0.15, 0.2) is 21.8 Å². The van der Waals surface area contributed by atoms with Crippen LogP contribution in [0.25, 0.3) is 0 Å². The third-order valence-electron chi connectivity index (χ3n) is 1.80. The van der Waals surface area contributed by atoms with Gasteiger partial charge in [-0.05, 0) is 6.92 Å². The lowest BCUT2D eigenvalue weighted by Gasteiger charge is -1.94. The van der Waals surface area contributed by atoms with E-state index in [1.54, 1.807) is 19.2 Å². The van der Waals surface area contributed by atoms with Crippen molar-refractivity contribution in [3.63, 3.8) is 0 Å². The van der Waals surface area contributed by atoms with E-state index in [9.17, 15) is 4.79 Å². The van der Waals surface area contributed by atoms with E-state index in [0.29, 0.717) is 18.1 Å². The number of rotatable bonds is 5. The summed E-state index contributed by atoms with van der Waals surface area (Å²) < 4.78 is 9.65. The van der Waals surface area contributed by atoms with E-state index >= 15 is 0 Å². The zero-order valence-electron chi connectivity index (χ0n) is 9.04. The van der Waals surface area contributed by atoms with Crippen molar-refractivity contribution in [1.82, 2.24) is 20.6 Å². The Hall–Kier alpha value is -1.83. The topological polar surface area (TPSA) is 93.9 Å². The lowest BCUT2D eigenvalue weighted by atomic mass is 10.4. The molecule has 7 nitrogen and oxygen atoms in total. The molecule has 2 rings (SSSR count). The molecule has 0 aromatic carbocycles. The first-order valence-electron chi connectivity index (χ1n) is 4.91. The summed E-state index contributed by atoms with van der Waals surface area (Å²) in [5, 5.41) is 14.6. The molecule has 0 atom stereocenters. The zero-order chi connectivity index (χ0) is 12.1. The number of nitrogens with zero attached hydrogens (tertiary/aromatic N) is 3. The number of thioether (sulfide) groups is 1. The molecule has 0 saturated carbocycles. The fraction of sp³-hybridized carbons (Fsp3) is 0.333. The van der Waals surface area contributed by atoms with E-state index in [1.807, 2.05) is 0 Å². The first-order valence-corrected chi connectivity index (χ1v) is 5.89. The van der Waals surface area contributed by atoms with Crippen LogP contribution in [-0.4, -0.2) is 33.1 Å². The second kappa shape index (κ2) is 5.48. The normalized spacial score (nSPS) is 10.4. The van der Waals surface area contributed by atoms with Crippen molar-refractivity contribution in [1.29, 1.82) is 0 Å². The van der Waals surface area contributed by atoms with Gasteiger partial charge < -0.3 is 9.26 Å². The van der Waals surface area contributed by atoms with Crippen molar-refractivity contribution in [2.24, 2.45) is 0 Å². The number of aromatic amines is 1. The molecule has 0 aliphatic rings. The summed E-state index contributed by atoms with van der Waals surface area (Å²) in [4.78, 5) is 11.3. The minimum Gasteiger partial charge on any atom is -0.460 e. The number of esters is 1. The van der Waals surface area contributed by atoms with Crippen LogP contribution in [0.2, 0.25) is 0 Å². The molecule has 0 aliphatic carbocycles. The van der Waals surface area contributed by atoms with Crippen LogP contribution in [0.1, 0.15) is 23.2 Å². The maximum Gasteiger partial charge on any atom is 0.377 e. The Morgan fingerprint density at radius 1 is 1.65 bits per heavy atom. The Bertz CT molecular complexity index is 482. The Balaban J connectivity index is 1.92. The summed E-state index contributed by atoms with van der Waals surface area (Å²) in [5.74, 6) is 0.162. The van der Waals surface area contributed by atoms with Gasteiger partial charge in [0, 0.05) is 11.8 Å². The number of hydrogen-bond donors (Lipinski definition) is 1. The third-order valence-corrected chi connectivity index (χ3v) is 2.73. The minimum absolute atomic E-state index is 0.114. The predicted octanol–water partition coefficient (Wildman–Crippen LogP) is 1.26. The fourth-order valence-corrected chi connectivity index (χ4v) is 1.75. The highest BCUT2D eigenvalue weighted by Gasteiger charge is 2.14. The van der Waals surface area contributed by atoms with Crippen molar-refractivity contribution < 1.29 is 14.1 Å². The second-order valence-electron chi connectivity index (χ2n) is 3.00. The van der Waals surface area contributed by atoms with E-state index in [-0.39, 0.29) is 5.76 Å². The Kier molecular flexibility index (Phi) is 3.76. The van der Waals surface area contributed by atoms with Crippen LogP contribution < -0.4 is 0 Å². The van der Waals surface area contributed by atoms with Crippen molar-refractivity contribution >= 4 is 17.7 Å². The molecule has 0 radical (unpaired) electrons. The van der Waals surface area contributed by atoms with Crippen molar-refractivity contribution in [2.75, 3.05) is 6.61 Å². The lowest BCUT2D eigenvalue weighted by Crippen LogP contribution is -2.02. The van der Waals surface area contributed by atoms with Crippen LogP contribution in [0.3, 0.4) is 0 Å². The zero-order valence-corrected chi connectivity index (χ0v) is 9.86. The SMILES string of the molecule is CCOC(=O)c1cc(CSc2cn[nH]n2)no1. The minimum atomic E-state index is -0.502. The monoisotopic (exact) mass is 254 g/mol. The smallest absolute Gasteiger partial charge is 0.377 e. The molecule has 0 saturated heterocycles. The standard InChI is InChI=1S/C9H10N4O3S/c1-2-15-9(14)7-3-6(12-16-7)5-17-8-4-10-13-11-8/h3-4H,2,5H2,1H3,(H,10,11,13). The molecule has 0 aliphatic heterocycles. The van der Waals surface area contributed by atoms with Gasteiger partial charge >= 0.3 is 5.97 Å². The van der Waals surface area contributed by atoms with Crippen LogP contribution in [0.5, 0.6) is 0 Å². The highest BCUT2D eigenvalue weighted by molar-refractivity contribution is 7.98. The highest BCUT2D eigenvalue weighted by atomic mass is 32.2. The summed E-state index contributed by atoms with van der Waals surface area (Å²) in [5.41, 5.74) is 0.654. The molecule has 2 heterocycles. The Morgan fingerprint density at radius 2 is 2.53 bits per heavy atom. The largest absolute Gasteiger partial charge is 0.460 e. The fourth-order valence-electron chi connectivity index (χ4n) is 1.09. The maximum absolute atomic E-state index is 11.3. The van der Waals surface area contributed by atoms with Gasteiger partial charge in [-0.25, -0.2) is 4.79 Å². The molecule has 0 unspecified atom stereocenters. The number of carbonyl (C=O) groups is 1. The van der Waals surface area contributed by atoms with Gasteiger partial charge in [-0.1, -0.05) is 16.9 Å². The van der Waals surface area contributed by atoms with Gasteiger partial charge in [-0.15, -0.1) is 5.10 Å². The average molecular weight is 254 g/mol. The molecule has 0 fully saturated rings. The Morgan fingerprint density at radius 3 is 3.24 bits per heavy atom. The van der Waals surface area contributed by atoms with Crippen molar-refractivity contribution in [2.45, 2.75) is 17.7 Å². The molecule has 8 heteroatoms. The summed E-state index contributed by atoms with van der Waals surface area (Å²) >= 11 is 1.44. The van der Waals surface area contributed by atoms with E-state index < -0.39 is 5.97 Å². The number of carbonyl (C=O) groups excluding carboxylic acids is 1. The molecule has 2 aromatic heterocycles. The molecule has 90 valence electrons. The highest BCUT2D eigenvalue weighted by Crippen LogP contribution is 2.19. The van der Waals surface area contributed by atoms with Crippen molar-refractivity contribution in [3.05, 3.63) is 23.7 Å². The third kappa shape index (κ3) is 3.06. The van der Waals surface area contributed by atoms with Gasteiger partial charge in [0.15, 0.2) is 0 Å². The van der Waals surface area contributed by atoms with Crippen LogP contribution in [-0.2, 0) is 10.5 Å². The van der Waals surface area contributed by atoms with E-state index in [4.69, 9.17) is 9.26 Å². The van der Waals surface area contributed by atoms with Gasteiger partial charge in [-0.3, -0.25) is 0 Å². The summed E-state index contributed by atoms with van der Waals surface area (Å²) in [6.07, 6.45) is 1.61. The van der Waals surface area contributed by atoms with Gasteiger partial charge in [0.25, 0.3) is 0 Å². The van der Waals surface area contributed by atoms with Crippen LogP contribution >= 0.6 is 11.8 Å². The quantitative estimate of drug-likeness (QED) is 0.634. The number of aromatic nitrogens is 4. The molecular formula is C9H10N4O3S. The van der Waals surface area contributed by atoms with Crippen molar-refractivity contribution in [3.8, 4) is 0 Å². The molecular weight excluding hydrogens is 244 g/mol. The van der Waals surface area contributed by atoms with Gasteiger partial charge in [-0.2, -0.15) is 10.3 Å². The van der Waals surface area contributed by atoms with Gasteiger partial charge in [0.05, 0.1) is 18.5 Å². The second-order valence-corrected chi connectivity index (χ2v) is 4.00. The molecule has 0 spiro atoms. The number of hydrogen-bond acceptors (Lipinski definition) is 7. The van der Waals surface area contributed by atoms with Gasteiger partial charge in [0.2, 0.25) is 5.76 Å². The van der Waals surface area contributed by atoms with Crippen LogP contribution in [0, 0.1) is 0 Å². The average Bonchev–Trinajstić information content (AvgIpc) is 2.98.